The summed E-state index contributed by atoms with van der Waals surface area (Å²) in [6.07, 6.45) is 0. The topological polar surface area (TPSA) is 40.6 Å². The SMILES string of the molecule is Cc1ccc(S(=O)(=O)N2CCN(Cc3cccc(Cl)c3)CC2)c(C)c1.Cl. The van der Waals surface area contributed by atoms with Crippen molar-refractivity contribution in [3.8, 4) is 0 Å². The van der Waals surface area contributed by atoms with Gasteiger partial charge in [0.25, 0.3) is 0 Å². The Labute approximate surface area is 167 Å². The highest BCUT2D eigenvalue weighted by Gasteiger charge is 2.29. The van der Waals surface area contributed by atoms with Gasteiger partial charge in [0.05, 0.1) is 4.90 Å². The molecule has 0 aliphatic carbocycles. The summed E-state index contributed by atoms with van der Waals surface area (Å²) in [5.41, 5.74) is 3.03. The highest BCUT2D eigenvalue weighted by atomic mass is 35.5. The molecule has 0 bridgehead atoms. The van der Waals surface area contributed by atoms with Gasteiger partial charge in [-0.25, -0.2) is 8.42 Å². The number of nitrogens with zero attached hydrogens (tertiary/aromatic N) is 2. The average Bonchev–Trinajstić information content (AvgIpc) is 2.55. The second-order valence-corrected chi connectivity index (χ2v) is 8.92. The van der Waals surface area contributed by atoms with Crippen LogP contribution in [-0.2, 0) is 16.6 Å². The average molecular weight is 415 g/mol. The van der Waals surface area contributed by atoms with Crippen LogP contribution in [0.4, 0.5) is 0 Å². The number of aryl methyl sites for hydroxylation is 2. The molecule has 4 nitrogen and oxygen atoms in total. The molecule has 2 aromatic carbocycles. The Morgan fingerprint density at radius 3 is 2.31 bits per heavy atom. The zero-order valence-corrected chi connectivity index (χ0v) is 17.4. The van der Waals surface area contributed by atoms with Crippen molar-refractivity contribution < 1.29 is 8.42 Å². The predicted molar refractivity (Wildman–Crippen MR) is 109 cm³/mol. The molecule has 1 saturated heterocycles. The lowest BCUT2D eigenvalue weighted by Gasteiger charge is -2.34. The first-order valence-corrected chi connectivity index (χ1v) is 10.2. The highest BCUT2D eigenvalue weighted by molar-refractivity contribution is 7.89. The number of benzene rings is 2. The molecule has 0 atom stereocenters. The van der Waals surface area contributed by atoms with E-state index < -0.39 is 10.0 Å². The Hall–Kier alpha value is -1.11. The molecule has 0 radical (unpaired) electrons. The molecule has 0 unspecified atom stereocenters. The van der Waals surface area contributed by atoms with Crippen LogP contribution in [0.1, 0.15) is 16.7 Å². The number of halogens is 2. The number of hydrogen-bond donors (Lipinski definition) is 0. The molecule has 26 heavy (non-hydrogen) atoms. The van der Waals surface area contributed by atoms with Gasteiger partial charge in [0.2, 0.25) is 10.0 Å². The first-order valence-electron chi connectivity index (χ1n) is 8.40. The summed E-state index contributed by atoms with van der Waals surface area (Å²) in [7, 11) is -3.43. The second-order valence-electron chi connectivity index (χ2n) is 6.58. The van der Waals surface area contributed by atoms with Gasteiger partial charge in [0.15, 0.2) is 0 Å². The molecule has 1 fully saturated rings. The molecule has 0 aromatic heterocycles. The Balaban J connectivity index is 0.00000243. The number of piperazine rings is 1. The van der Waals surface area contributed by atoms with Crippen LogP contribution in [0.25, 0.3) is 0 Å². The minimum Gasteiger partial charge on any atom is -0.296 e. The standard InChI is InChI=1S/C19H23ClN2O2S.ClH/c1-15-6-7-19(16(2)12-15)25(23,24)22-10-8-21(9-11-22)14-17-4-3-5-18(20)13-17;/h3-7,12-13H,8-11,14H2,1-2H3;1H. The Morgan fingerprint density at radius 1 is 1.00 bits per heavy atom. The van der Waals surface area contributed by atoms with Gasteiger partial charge in [-0.1, -0.05) is 41.4 Å². The third kappa shape index (κ3) is 4.78. The van der Waals surface area contributed by atoms with Gasteiger partial charge in [-0.15, -0.1) is 12.4 Å². The number of sulfonamides is 1. The molecule has 3 rings (SSSR count). The van der Waals surface area contributed by atoms with E-state index in [2.05, 4.69) is 4.90 Å². The maximum absolute atomic E-state index is 12.9. The fourth-order valence-electron chi connectivity index (χ4n) is 3.25. The Morgan fingerprint density at radius 2 is 1.69 bits per heavy atom. The molecule has 7 heteroatoms. The van der Waals surface area contributed by atoms with Crippen molar-refractivity contribution in [2.75, 3.05) is 26.2 Å². The van der Waals surface area contributed by atoms with Gasteiger partial charge in [0, 0.05) is 37.7 Å². The van der Waals surface area contributed by atoms with Gasteiger partial charge in [-0.3, -0.25) is 4.90 Å². The van der Waals surface area contributed by atoms with Crippen LogP contribution in [0.5, 0.6) is 0 Å². The van der Waals surface area contributed by atoms with E-state index >= 15 is 0 Å². The largest absolute Gasteiger partial charge is 0.296 e. The maximum atomic E-state index is 12.9. The van der Waals surface area contributed by atoms with E-state index in [4.69, 9.17) is 11.6 Å². The van der Waals surface area contributed by atoms with Crippen molar-refractivity contribution in [3.63, 3.8) is 0 Å². The van der Waals surface area contributed by atoms with Crippen molar-refractivity contribution in [3.05, 3.63) is 64.2 Å². The fraction of sp³-hybridized carbons (Fsp3) is 0.368. The Bertz CT molecular complexity index is 864. The summed E-state index contributed by atoms with van der Waals surface area (Å²) in [6.45, 7) is 7.07. The van der Waals surface area contributed by atoms with Gasteiger partial charge in [-0.2, -0.15) is 4.31 Å². The summed E-state index contributed by atoms with van der Waals surface area (Å²) in [6, 6.07) is 13.3. The van der Waals surface area contributed by atoms with Crippen LogP contribution in [0.3, 0.4) is 0 Å². The molecule has 1 aliphatic heterocycles. The summed E-state index contributed by atoms with van der Waals surface area (Å²) in [5, 5.41) is 0.730. The predicted octanol–water partition coefficient (Wildman–Crippen LogP) is 3.89. The molecular formula is C19H24Cl2N2O2S. The van der Waals surface area contributed by atoms with Crippen LogP contribution in [0.2, 0.25) is 5.02 Å². The molecule has 1 aliphatic rings. The third-order valence-corrected chi connectivity index (χ3v) is 6.87. The third-order valence-electron chi connectivity index (χ3n) is 4.57. The first-order chi connectivity index (χ1) is 11.9. The van der Waals surface area contributed by atoms with Crippen molar-refractivity contribution in [1.82, 2.24) is 9.21 Å². The lowest BCUT2D eigenvalue weighted by Crippen LogP contribution is -2.48. The van der Waals surface area contributed by atoms with E-state index in [0.29, 0.717) is 18.0 Å². The van der Waals surface area contributed by atoms with E-state index in [1.165, 1.54) is 0 Å². The normalized spacial score (nSPS) is 16.3. The minimum absolute atomic E-state index is 0. The van der Waals surface area contributed by atoms with Crippen LogP contribution in [-0.4, -0.2) is 43.8 Å². The van der Waals surface area contributed by atoms with Crippen molar-refractivity contribution >= 4 is 34.0 Å². The summed E-state index contributed by atoms with van der Waals surface area (Å²) in [4.78, 5) is 2.68. The number of hydrogen-bond acceptors (Lipinski definition) is 3. The van der Waals surface area contributed by atoms with E-state index in [1.807, 2.05) is 50.2 Å². The molecule has 2 aromatic rings. The van der Waals surface area contributed by atoms with Gasteiger partial charge in [0.1, 0.15) is 0 Å². The van der Waals surface area contributed by atoms with Crippen LogP contribution >= 0.6 is 24.0 Å². The van der Waals surface area contributed by atoms with Crippen molar-refractivity contribution in [2.24, 2.45) is 0 Å². The molecule has 0 N–H and O–H groups in total. The smallest absolute Gasteiger partial charge is 0.243 e. The second kappa shape index (κ2) is 8.72. The van der Waals surface area contributed by atoms with Crippen LogP contribution in [0, 0.1) is 13.8 Å². The van der Waals surface area contributed by atoms with Gasteiger partial charge >= 0.3 is 0 Å². The summed E-state index contributed by atoms with van der Waals surface area (Å²) >= 11 is 6.03. The monoisotopic (exact) mass is 414 g/mol. The molecule has 0 spiro atoms. The molecular weight excluding hydrogens is 391 g/mol. The zero-order chi connectivity index (χ0) is 18.0. The first kappa shape index (κ1) is 21.2. The van der Waals surface area contributed by atoms with Crippen LogP contribution in [0.15, 0.2) is 47.4 Å². The Kier molecular flexibility index (Phi) is 7.11. The molecule has 0 amide bonds. The van der Waals surface area contributed by atoms with E-state index in [1.54, 1.807) is 10.4 Å². The van der Waals surface area contributed by atoms with Gasteiger partial charge < -0.3 is 0 Å². The minimum atomic E-state index is -3.43. The van der Waals surface area contributed by atoms with Crippen molar-refractivity contribution in [2.45, 2.75) is 25.3 Å². The summed E-state index contributed by atoms with van der Waals surface area (Å²) in [5.74, 6) is 0. The van der Waals surface area contributed by atoms with Crippen molar-refractivity contribution in [1.29, 1.82) is 0 Å². The molecule has 0 saturated carbocycles. The lowest BCUT2D eigenvalue weighted by atomic mass is 10.2. The summed E-state index contributed by atoms with van der Waals surface area (Å²) < 4.78 is 27.4. The maximum Gasteiger partial charge on any atom is 0.243 e. The quantitative estimate of drug-likeness (QED) is 0.761. The van der Waals surface area contributed by atoms with Crippen LogP contribution < -0.4 is 0 Å². The highest BCUT2D eigenvalue weighted by Crippen LogP contribution is 2.22. The van der Waals surface area contributed by atoms with E-state index in [9.17, 15) is 8.42 Å². The lowest BCUT2D eigenvalue weighted by molar-refractivity contribution is 0.181. The fourth-order valence-corrected chi connectivity index (χ4v) is 5.09. The van der Waals surface area contributed by atoms with Gasteiger partial charge in [-0.05, 0) is 43.2 Å². The molecule has 142 valence electrons. The zero-order valence-electron chi connectivity index (χ0n) is 15.0. The number of rotatable bonds is 4. The van der Waals surface area contributed by atoms with E-state index in [-0.39, 0.29) is 12.4 Å². The van der Waals surface area contributed by atoms with E-state index in [0.717, 1.165) is 41.3 Å². The molecule has 1 heterocycles.